The van der Waals surface area contributed by atoms with Crippen LogP contribution in [0.15, 0.2) is 78.4 Å². The zero-order valence-electron chi connectivity index (χ0n) is 18.5. The number of anilines is 1. The normalized spacial score (nSPS) is 10.8. The van der Waals surface area contributed by atoms with Crippen LogP contribution in [0, 0.1) is 18.3 Å². The van der Waals surface area contributed by atoms with Crippen molar-refractivity contribution < 1.29 is 19.1 Å². The Hall–Kier alpha value is -4.37. The van der Waals surface area contributed by atoms with Crippen molar-refractivity contribution >= 4 is 23.6 Å². The van der Waals surface area contributed by atoms with E-state index in [4.69, 9.17) is 9.47 Å². The molecule has 6 nitrogen and oxygen atoms in total. The van der Waals surface area contributed by atoms with Crippen molar-refractivity contribution in [1.29, 1.82) is 5.26 Å². The van der Waals surface area contributed by atoms with E-state index < -0.39 is 11.9 Å². The highest BCUT2D eigenvalue weighted by atomic mass is 16.5. The van der Waals surface area contributed by atoms with Gasteiger partial charge in [-0.3, -0.25) is 4.79 Å². The Morgan fingerprint density at radius 1 is 1.00 bits per heavy atom. The molecule has 0 aliphatic heterocycles. The van der Waals surface area contributed by atoms with Crippen LogP contribution < -0.4 is 10.1 Å². The van der Waals surface area contributed by atoms with Crippen LogP contribution in [0.25, 0.3) is 6.08 Å². The lowest BCUT2D eigenvalue weighted by Crippen LogP contribution is -2.13. The number of nitrogens with zero attached hydrogens (tertiary/aromatic N) is 1. The Labute approximate surface area is 193 Å². The molecule has 1 N–H and O–H groups in total. The minimum atomic E-state index is -0.560. The summed E-state index contributed by atoms with van der Waals surface area (Å²) in [6.45, 7) is 4.40. The third-order valence-corrected chi connectivity index (χ3v) is 4.75. The summed E-state index contributed by atoms with van der Waals surface area (Å²) >= 11 is 0. The molecule has 0 spiro atoms. The van der Waals surface area contributed by atoms with Gasteiger partial charge in [0.2, 0.25) is 0 Å². The number of amides is 1. The number of aryl methyl sites for hydroxylation is 1. The Kier molecular flexibility index (Phi) is 7.98. The average molecular weight is 440 g/mol. The summed E-state index contributed by atoms with van der Waals surface area (Å²) in [4.78, 5) is 24.4. The fraction of sp³-hybridized carbons (Fsp3) is 0.148. The molecule has 6 heteroatoms. The molecule has 3 rings (SSSR count). The second-order valence-corrected chi connectivity index (χ2v) is 7.23. The van der Waals surface area contributed by atoms with Crippen molar-refractivity contribution in [2.24, 2.45) is 0 Å². The first-order valence-electron chi connectivity index (χ1n) is 10.5. The van der Waals surface area contributed by atoms with E-state index in [-0.39, 0.29) is 12.2 Å². The molecule has 0 bridgehead atoms. The molecule has 0 fully saturated rings. The molecular formula is C27H24N2O4. The third-order valence-electron chi connectivity index (χ3n) is 4.75. The van der Waals surface area contributed by atoms with Gasteiger partial charge in [0.1, 0.15) is 24.0 Å². The molecule has 33 heavy (non-hydrogen) atoms. The number of nitrogens with one attached hydrogen (secondary N) is 1. The van der Waals surface area contributed by atoms with Crippen molar-refractivity contribution in [1.82, 2.24) is 0 Å². The maximum Gasteiger partial charge on any atom is 0.338 e. The van der Waals surface area contributed by atoms with E-state index in [0.717, 1.165) is 5.56 Å². The Bertz CT molecular complexity index is 1190. The van der Waals surface area contributed by atoms with Crippen LogP contribution in [-0.2, 0) is 16.1 Å². The SMILES string of the molecule is CCOC(=O)c1ccc(NC(=O)/C(C#N)=C/c2ccccc2OCc2ccc(C)cc2)cc1. The first kappa shape index (κ1) is 23.3. The Morgan fingerprint density at radius 3 is 2.36 bits per heavy atom. The van der Waals surface area contributed by atoms with Crippen LogP contribution in [0.2, 0.25) is 0 Å². The number of hydrogen-bond acceptors (Lipinski definition) is 5. The fourth-order valence-electron chi connectivity index (χ4n) is 2.98. The molecular weight excluding hydrogens is 416 g/mol. The predicted molar refractivity (Wildman–Crippen MR) is 127 cm³/mol. The van der Waals surface area contributed by atoms with Crippen LogP contribution in [0.5, 0.6) is 5.75 Å². The van der Waals surface area contributed by atoms with Gasteiger partial charge in [0.15, 0.2) is 0 Å². The number of esters is 1. The second kappa shape index (κ2) is 11.3. The maximum atomic E-state index is 12.7. The summed E-state index contributed by atoms with van der Waals surface area (Å²) in [5.74, 6) is -0.428. The van der Waals surface area contributed by atoms with E-state index in [1.54, 1.807) is 43.3 Å². The molecule has 0 aromatic heterocycles. The smallest absolute Gasteiger partial charge is 0.338 e. The van der Waals surface area contributed by atoms with Crippen molar-refractivity contribution in [3.05, 3.63) is 101 Å². The summed E-state index contributed by atoms with van der Waals surface area (Å²) in [6, 6.07) is 23.5. The molecule has 0 saturated carbocycles. The molecule has 0 unspecified atom stereocenters. The van der Waals surface area contributed by atoms with Crippen LogP contribution in [0.3, 0.4) is 0 Å². The van der Waals surface area contributed by atoms with Gasteiger partial charge in [-0.2, -0.15) is 5.26 Å². The summed E-state index contributed by atoms with van der Waals surface area (Å²) in [5.41, 5.74) is 3.57. The highest BCUT2D eigenvalue weighted by molar-refractivity contribution is 6.10. The zero-order chi connectivity index (χ0) is 23.6. The maximum absolute atomic E-state index is 12.7. The number of ether oxygens (including phenoxy) is 2. The third kappa shape index (κ3) is 6.55. The number of carbonyl (C=O) groups excluding carboxylic acids is 2. The van der Waals surface area contributed by atoms with E-state index >= 15 is 0 Å². The van der Waals surface area contributed by atoms with E-state index in [2.05, 4.69) is 5.32 Å². The van der Waals surface area contributed by atoms with Crippen LogP contribution in [-0.4, -0.2) is 18.5 Å². The molecule has 0 heterocycles. The van der Waals surface area contributed by atoms with Gasteiger partial charge in [-0.1, -0.05) is 48.0 Å². The van der Waals surface area contributed by atoms with Crippen molar-refractivity contribution in [3.63, 3.8) is 0 Å². The quantitative estimate of drug-likeness (QED) is 0.292. The molecule has 166 valence electrons. The van der Waals surface area contributed by atoms with Gasteiger partial charge in [-0.15, -0.1) is 0 Å². The Morgan fingerprint density at radius 2 is 1.70 bits per heavy atom. The van der Waals surface area contributed by atoms with Crippen molar-refractivity contribution in [3.8, 4) is 11.8 Å². The number of benzene rings is 3. The number of rotatable bonds is 8. The van der Waals surface area contributed by atoms with Gasteiger partial charge in [0.05, 0.1) is 12.2 Å². The highest BCUT2D eigenvalue weighted by Crippen LogP contribution is 2.23. The molecule has 0 aliphatic carbocycles. The van der Waals surface area contributed by atoms with Crippen LogP contribution in [0.4, 0.5) is 5.69 Å². The fourth-order valence-corrected chi connectivity index (χ4v) is 2.98. The van der Waals surface area contributed by atoms with Crippen LogP contribution in [0.1, 0.15) is 34.0 Å². The van der Waals surface area contributed by atoms with Gasteiger partial charge in [0, 0.05) is 11.3 Å². The van der Waals surface area contributed by atoms with Gasteiger partial charge in [0.25, 0.3) is 5.91 Å². The molecule has 0 radical (unpaired) electrons. The van der Waals surface area contributed by atoms with Gasteiger partial charge >= 0.3 is 5.97 Å². The summed E-state index contributed by atoms with van der Waals surface area (Å²) < 4.78 is 10.9. The van der Waals surface area contributed by atoms with Gasteiger partial charge in [-0.05, 0) is 55.8 Å². The molecule has 1 amide bonds. The van der Waals surface area contributed by atoms with E-state index in [1.165, 1.54) is 11.6 Å². The predicted octanol–water partition coefficient (Wildman–Crippen LogP) is 5.30. The number of nitriles is 1. The summed E-state index contributed by atoms with van der Waals surface area (Å²) in [7, 11) is 0. The van der Waals surface area contributed by atoms with E-state index in [0.29, 0.717) is 29.2 Å². The van der Waals surface area contributed by atoms with Gasteiger partial charge < -0.3 is 14.8 Å². The van der Waals surface area contributed by atoms with Crippen molar-refractivity contribution in [2.75, 3.05) is 11.9 Å². The largest absolute Gasteiger partial charge is 0.488 e. The average Bonchev–Trinajstić information content (AvgIpc) is 2.83. The number of carbonyl (C=O) groups is 2. The minimum Gasteiger partial charge on any atom is -0.488 e. The highest BCUT2D eigenvalue weighted by Gasteiger charge is 2.12. The molecule has 0 aliphatic rings. The number of para-hydroxylation sites is 1. The summed E-state index contributed by atoms with van der Waals surface area (Å²) in [5, 5.41) is 12.2. The molecule has 3 aromatic carbocycles. The molecule has 0 atom stereocenters. The monoisotopic (exact) mass is 440 g/mol. The first-order chi connectivity index (χ1) is 16.0. The van der Waals surface area contributed by atoms with E-state index in [1.807, 2.05) is 49.4 Å². The van der Waals surface area contributed by atoms with Crippen molar-refractivity contribution in [2.45, 2.75) is 20.5 Å². The number of hydrogen-bond donors (Lipinski definition) is 1. The standard InChI is InChI=1S/C27H24N2O4/c1-3-32-27(31)21-12-14-24(15-13-21)29-26(30)23(17-28)16-22-6-4-5-7-25(22)33-18-20-10-8-19(2)9-11-20/h4-16H,3,18H2,1-2H3,(H,29,30)/b23-16+. The minimum absolute atomic E-state index is 0.0733. The zero-order valence-corrected chi connectivity index (χ0v) is 18.5. The second-order valence-electron chi connectivity index (χ2n) is 7.23. The lowest BCUT2D eigenvalue weighted by molar-refractivity contribution is -0.112. The Balaban J connectivity index is 1.72. The molecule has 0 saturated heterocycles. The summed E-state index contributed by atoms with van der Waals surface area (Å²) in [6.07, 6.45) is 1.49. The van der Waals surface area contributed by atoms with Gasteiger partial charge in [-0.25, -0.2) is 4.79 Å². The lowest BCUT2D eigenvalue weighted by atomic mass is 10.1. The lowest BCUT2D eigenvalue weighted by Gasteiger charge is -2.10. The topological polar surface area (TPSA) is 88.4 Å². The molecule has 3 aromatic rings. The van der Waals surface area contributed by atoms with E-state index in [9.17, 15) is 14.9 Å². The van der Waals surface area contributed by atoms with Crippen LogP contribution >= 0.6 is 0 Å². The first-order valence-corrected chi connectivity index (χ1v) is 10.5.